The molecule has 1 N–H and O–H groups in total. The van der Waals surface area contributed by atoms with E-state index in [9.17, 15) is 4.79 Å². The second-order valence-electron chi connectivity index (χ2n) is 9.39. The highest BCUT2D eigenvalue weighted by atomic mass is 16.5. The van der Waals surface area contributed by atoms with Crippen LogP contribution in [0.2, 0.25) is 0 Å². The highest BCUT2D eigenvalue weighted by molar-refractivity contribution is 6.00. The van der Waals surface area contributed by atoms with Gasteiger partial charge in [0.15, 0.2) is 11.5 Å². The molecule has 10 nitrogen and oxygen atoms in total. The van der Waals surface area contributed by atoms with Gasteiger partial charge in [-0.05, 0) is 49.2 Å². The van der Waals surface area contributed by atoms with Gasteiger partial charge in [0.25, 0.3) is 5.91 Å². The number of amides is 1. The van der Waals surface area contributed by atoms with E-state index in [4.69, 9.17) is 9.47 Å². The van der Waals surface area contributed by atoms with Crippen molar-refractivity contribution in [2.24, 2.45) is 15.3 Å². The molecule has 0 aliphatic carbocycles. The second-order valence-corrected chi connectivity index (χ2v) is 9.39. The number of ether oxygens (including phenoxy) is 2. The number of rotatable bonds is 12. The number of fused-ring (bicyclic) bond motifs is 1. The van der Waals surface area contributed by atoms with Crippen LogP contribution < -0.4 is 19.8 Å². The Morgan fingerprint density at radius 1 is 1.08 bits per heavy atom. The Labute approximate surface area is 225 Å². The van der Waals surface area contributed by atoms with Crippen molar-refractivity contribution in [3.05, 3.63) is 53.1 Å². The van der Waals surface area contributed by atoms with Crippen molar-refractivity contribution in [2.45, 2.75) is 32.4 Å². The van der Waals surface area contributed by atoms with Gasteiger partial charge >= 0.3 is 0 Å². The van der Waals surface area contributed by atoms with Crippen LogP contribution in [0.5, 0.6) is 11.5 Å². The third kappa shape index (κ3) is 6.07. The van der Waals surface area contributed by atoms with Gasteiger partial charge < -0.3 is 24.2 Å². The van der Waals surface area contributed by atoms with Crippen LogP contribution in [-0.4, -0.2) is 82.6 Å². The fourth-order valence-electron chi connectivity index (χ4n) is 5.31. The molecule has 1 fully saturated rings. The van der Waals surface area contributed by atoms with Crippen molar-refractivity contribution in [2.75, 3.05) is 65.4 Å². The number of hydrogen-bond donors (Lipinski definition) is 1. The lowest BCUT2D eigenvalue weighted by Crippen LogP contribution is -2.46. The van der Waals surface area contributed by atoms with Gasteiger partial charge in [0, 0.05) is 63.1 Å². The van der Waals surface area contributed by atoms with Crippen molar-refractivity contribution in [1.82, 2.24) is 15.2 Å². The first kappa shape index (κ1) is 27.4. The molecule has 2 aliphatic rings. The summed E-state index contributed by atoms with van der Waals surface area (Å²) in [5, 5.41) is 7.49. The van der Waals surface area contributed by atoms with Gasteiger partial charge in [0.1, 0.15) is 6.34 Å². The lowest BCUT2D eigenvalue weighted by Gasteiger charge is -2.36. The van der Waals surface area contributed by atoms with E-state index in [2.05, 4.69) is 43.5 Å². The maximum Gasteiger partial charge on any atom is 0.255 e. The number of carbonyl (C=O) groups excluding carboxylic acids is 1. The number of hydrogen-bond acceptors (Lipinski definition) is 7. The lowest BCUT2D eigenvalue weighted by molar-refractivity contribution is 0.0689. The minimum atomic E-state index is -0.131. The SMILES string of the molecule is CCN1CCN(c2cccc3c2CN([C@H](CCC/N=C/N=N\NC)c2ccc(OC)c(OC)c2)C3=O)CC1. The van der Waals surface area contributed by atoms with E-state index in [-0.39, 0.29) is 11.9 Å². The molecule has 38 heavy (non-hydrogen) atoms. The van der Waals surface area contributed by atoms with E-state index in [1.807, 2.05) is 35.2 Å². The molecule has 1 saturated heterocycles. The summed E-state index contributed by atoms with van der Waals surface area (Å²) in [6.07, 6.45) is 2.99. The smallest absolute Gasteiger partial charge is 0.255 e. The number of aliphatic imine (C=N–C) groups is 1. The van der Waals surface area contributed by atoms with Gasteiger partial charge in [0.2, 0.25) is 0 Å². The molecule has 4 rings (SSSR count). The Hall–Kier alpha value is -3.66. The van der Waals surface area contributed by atoms with E-state index in [0.29, 0.717) is 24.6 Å². The molecule has 0 radical (unpaired) electrons. The largest absolute Gasteiger partial charge is 0.493 e. The first-order valence-corrected chi connectivity index (χ1v) is 13.3. The number of methoxy groups -OCH3 is 2. The summed E-state index contributed by atoms with van der Waals surface area (Å²) in [5.41, 5.74) is 6.72. The Kier molecular flexibility index (Phi) is 9.53. The predicted octanol–water partition coefficient (Wildman–Crippen LogP) is 3.94. The lowest BCUT2D eigenvalue weighted by atomic mass is 9.99. The first-order valence-electron chi connectivity index (χ1n) is 13.3. The van der Waals surface area contributed by atoms with E-state index < -0.39 is 0 Å². The van der Waals surface area contributed by atoms with Crippen LogP contribution in [0, 0.1) is 0 Å². The van der Waals surface area contributed by atoms with Crippen LogP contribution in [0.4, 0.5) is 5.69 Å². The molecular formula is C28H39N7O3. The fourth-order valence-corrected chi connectivity index (χ4v) is 5.31. The van der Waals surface area contributed by atoms with Gasteiger partial charge in [-0.25, -0.2) is 0 Å². The van der Waals surface area contributed by atoms with Crippen LogP contribution in [-0.2, 0) is 6.54 Å². The van der Waals surface area contributed by atoms with Crippen LogP contribution in [0.25, 0.3) is 0 Å². The topological polar surface area (TPSA) is 94.4 Å². The third-order valence-corrected chi connectivity index (χ3v) is 7.36. The van der Waals surface area contributed by atoms with Crippen molar-refractivity contribution < 1.29 is 14.3 Å². The van der Waals surface area contributed by atoms with Crippen LogP contribution in [0.3, 0.4) is 0 Å². The molecule has 1 amide bonds. The van der Waals surface area contributed by atoms with E-state index >= 15 is 0 Å². The fraction of sp³-hybridized carbons (Fsp3) is 0.500. The molecule has 2 aliphatic heterocycles. The van der Waals surface area contributed by atoms with Crippen LogP contribution >= 0.6 is 0 Å². The highest BCUT2D eigenvalue weighted by Gasteiger charge is 2.36. The average Bonchev–Trinajstić information content (AvgIpc) is 3.30. The zero-order valence-corrected chi connectivity index (χ0v) is 22.9. The first-order chi connectivity index (χ1) is 18.6. The van der Waals surface area contributed by atoms with Crippen molar-refractivity contribution in [3.8, 4) is 11.5 Å². The molecule has 1 atom stereocenters. The van der Waals surface area contributed by atoms with Gasteiger partial charge in [-0.2, -0.15) is 0 Å². The Balaban J connectivity index is 1.59. The number of piperazine rings is 1. The summed E-state index contributed by atoms with van der Waals surface area (Å²) in [5.74, 6) is 1.39. The quantitative estimate of drug-likeness (QED) is 0.150. The Morgan fingerprint density at radius 2 is 1.87 bits per heavy atom. The number of benzene rings is 2. The zero-order valence-electron chi connectivity index (χ0n) is 22.9. The van der Waals surface area contributed by atoms with Gasteiger partial charge in [-0.1, -0.05) is 24.3 Å². The van der Waals surface area contributed by atoms with Crippen molar-refractivity contribution in [3.63, 3.8) is 0 Å². The highest BCUT2D eigenvalue weighted by Crippen LogP contribution is 2.40. The minimum Gasteiger partial charge on any atom is -0.493 e. The average molecular weight is 522 g/mol. The van der Waals surface area contributed by atoms with Crippen molar-refractivity contribution >= 4 is 17.9 Å². The minimum absolute atomic E-state index is 0.0696. The summed E-state index contributed by atoms with van der Waals surface area (Å²) >= 11 is 0. The number of likely N-dealkylation sites (N-methyl/N-ethyl adjacent to an activating group) is 1. The van der Waals surface area contributed by atoms with E-state index in [1.54, 1.807) is 21.3 Å². The number of anilines is 1. The summed E-state index contributed by atoms with van der Waals surface area (Å²) in [6, 6.07) is 11.9. The molecule has 0 bridgehead atoms. The molecule has 0 unspecified atom stereocenters. The molecule has 2 heterocycles. The van der Waals surface area contributed by atoms with E-state index in [1.165, 1.54) is 12.0 Å². The van der Waals surface area contributed by atoms with E-state index in [0.717, 1.165) is 62.3 Å². The Morgan fingerprint density at radius 3 is 2.58 bits per heavy atom. The van der Waals surface area contributed by atoms with Crippen LogP contribution in [0.1, 0.15) is 47.3 Å². The molecule has 2 aromatic carbocycles. The predicted molar refractivity (Wildman–Crippen MR) is 149 cm³/mol. The molecule has 10 heteroatoms. The normalized spacial score (nSPS) is 16.9. The number of nitrogens with zero attached hydrogens (tertiary/aromatic N) is 6. The molecular weight excluding hydrogens is 482 g/mol. The zero-order chi connectivity index (χ0) is 26.9. The monoisotopic (exact) mass is 521 g/mol. The number of nitrogens with one attached hydrogen (secondary N) is 1. The molecule has 2 aromatic rings. The maximum atomic E-state index is 13.8. The summed E-state index contributed by atoms with van der Waals surface area (Å²) in [7, 11) is 4.94. The van der Waals surface area contributed by atoms with Gasteiger partial charge in [-0.15, -0.1) is 5.11 Å². The van der Waals surface area contributed by atoms with Crippen LogP contribution in [0.15, 0.2) is 51.7 Å². The standard InChI is InChI=1S/C28H39N7O3/c1-5-33-14-16-34(17-15-33)25-9-6-8-22-23(25)19-35(28(22)36)24(10-7-13-30-20-31-32-29-2)21-11-12-26(37-3)27(18-21)38-4/h6,8-9,11-12,18,20,24H,5,7,10,13-17,19H2,1-4H3,(H,29,30,31)/t24-/m1/s1. The van der Waals surface area contributed by atoms with Gasteiger partial charge in [-0.3, -0.25) is 15.2 Å². The maximum absolute atomic E-state index is 13.8. The molecule has 0 saturated carbocycles. The second kappa shape index (κ2) is 13.2. The summed E-state index contributed by atoms with van der Waals surface area (Å²) in [4.78, 5) is 25.0. The molecule has 204 valence electrons. The Bertz CT molecular complexity index is 1150. The third-order valence-electron chi connectivity index (χ3n) is 7.36. The molecule has 0 aromatic heterocycles. The van der Waals surface area contributed by atoms with Gasteiger partial charge in [0.05, 0.1) is 20.3 Å². The number of carbonyl (C=O) groups is 1. The molecule has 0 spiro atoms. The summed E-state index contributed by atoms with van der Waals surface area (Å²) in [6.45, 7) is 8.48. The summed E-state index contributed by atoms with van der Waals surface area (Å²) < 4.78 is 11.0. The van der Waals surface area contributed by atoms with Crippen molar-refractivity contribution in [1.29, 1.82) is 0 Å².